The molecule has 3 unspecified atom stereocenters. The molecule has 1 amide bonds. The summed E-state index contributed by atoms with van der Waals surface area (Å²) in [4.78, 5) is 14.9. The molecule has 1 saturated heterocycles. The van der Waals surface area contributed by atoms with Crippen LogP contribution in [0.4, 0.5) is 0 Å². The average molecular weight is 298 g/mol. The third-order valence-corrected chi connectivity index (χ3v) is 4.06. The Morgan fingerprint density at radius 1 is 1.19 bits per heavy atom. The van der Waals surface area contributed by atoms with Crippen LogP contribution >= 0.6 is 0 Å². The van der Waals surface area contributed by atoms with Crippen molar-refractivity contribution in [3.8, 4) is 0 Å². The molecule has 4 heteroatoms. The third-order valence-electron chi connectivity index (χ3n) is 4.06. The van der Waals surface area contributed by atoms with Gasteiger partial charge in [-0.1, -0.05) is 41.0 Å². The van der Waals surface area contributed by atoms with Crippen molar-refractivity contribution < 1.29 is 9.53 Å². The summed E-state index contributed by atoms with van der Waals surface area (Å²) < 4.78 is 5.37. The first-order chi connectivity index (χ1) is 9.90. The van der Waals surface area contributed by atoms with Crippen LogP contribution in [0.3, 0.4) is 0 Å². The summed E-state index contributed by atoms with van der Waals surface area (Å²) in [6.45, 7) is 11.6. The van der Waals surface area contributed by atoms with Crippen LogP contribution in [0.1, 0.15) is 60.3 Å². The van der Waals surface area contributed by atoms with Crippen molar-refractivity contribution in [1.82, 2.24) is 10.2 Å². The van der Waals surface area contributed by atoms with Gasteiger partial charge in [-0.2, -0.15) is 0 Å². The summed E-state index contributed by atoms with van der Waals surface area (Å²) in [6, 6.07) is 0.172. The number of carbonyl (C=O) groups excluding carboxylic acids is 1. The molecule has 0 aromatic carbocycles. The predicted molar refractivity (Wildman–Crippen MR) is 87.0 cm³/mol. The first-order valence-electron chi connectivity index (χ1n) is 8.47. The standard InChI is InChI=1S/C17H34N2O2/c1-7-8-14(11-21-6)19-16(10-13(4)5)18-15(17(19)20)9-12(2)3/h12-16,18H,7-11H2,1-6H3. The maximum absolute atomic E-state index is 12.8. The van der Waals surface area contributed by atoms with E-state index in [1.165, 1.54) is 0 Å². The molecule has 1 N–H and O–H groups in total. The van der Waals surface area contributed by atoms with Crippen LogP contribution in [-0.2, 0) is 9.53 Å². The second-order valence-corrected chi connectivity index (χ2v) is 7.14. The van der Waals surface area contributed by atoms with Crippen molar-refractivity contribution in [2.45, 2.75) is 78.6 Å². The Hall–Kier alpha value is -0.610. The van der Waals surface area contributed by atoms with Gasteiger partial charge >= 0.3 is 0 Å². The highest BCUT2D eigenvalue weighted by Crippen LogP contribution is 2.25. The molecule has 1 aliphatic heterocycles. The van der Waals surface area contributed by atoms with Gasteiger partial charge in [0.25, 0.3) is 0 Å². The molecule has 1 heterocycles. The zero-order chi connectivity index (χ0) is 16.0. The number of hydrogen-bond acceptors (Lipinski definition) is 3. The maximum atomic E-state index is 12.8. The highest BCUT2D eigenvalue weighted by atomic mass is 16.5. The molecule has 1 fully saturated rings. The van der Waals surface area contributed by atoms with Crippen LogP contribution < -0.4 is 5.32 Å². The summed E-state index contributed by atoms with van der Waals surface area (Å²) in [5.41, 5.74) is 0. The Kier molecular flexibility index (Phi) is 7.67. The van der Waals surface area contributed by atoms with Crippen molar-refractivity contribution in [2.75, 3.05) is 13.7 Å². The normalized spacial score (nSPS) is 24.4. The number of nitrogens with one attached hydrogen (secondary N) is 1. The Bertz CT molecular complexity index is 312. The number of rotatable bonds is 9. The van der Waals surface area contributed by atoms with Gasteiger partial charge in [-0.05, 0) is 31.1 Å². The molecule has 1 rings (SSSR count). The largest absolute Gasteiger partial charge is 0.383 e. The van der Waals surface area contributed by atoms with E-state index in [1.807, 2.05) is 0 Å². The van der Waals surface area contributed by atoms with E-state index in [-0.39, 0.29) is 24.2 Å². The topological polar surface area (TPSA) is 41.6 Å². The Balaban J connectivity index is 2.88. The van der Waals surface area contributed by atoms with E-state index < -0.39 is 0 Å². The number of carbonyl (C=O) groups is 1. The van der Waals surface area contributed by atoms with Crippen molar-refractivity contribution in [1.29, 1.82) is 0 Å². The van der Waals surface area contributed by atoms with Crippen molar-refractivity contribution in [3.63, 3.8) is 0 Å². The fourth-order valence-electron chi connectivity index (χ4n) is 3.25. The molecule has 1 aliphatic rings. The SMILES string of the molecule is CCCC(COC)N1C(=O)C(CC(C)C)NC1CC(C)C. The van der Waals surface area contributed by atoms with Crippen LogP contribution in [0, 0.1) is 11.8 Å². The quantitative estimate of drug-likeness (QED) is 0.711. The minimum Gasteiger partial charge on any atom is -0.383 e. The lowest BCUT2D eigenvalue weighted by molar-refractivity contribution is -0.134. The van der Waals surface area contributed by atoms with Crippen molar-refractivity contribution >= 4 is 5.91 Å². The molecule has 0 aliphatic carbocycles. The number of hydrogen-bond donors (Lipinski definition) is 1. The minimum atomic E-state index is -0.0232. The van der Waals surface area contributed by atoms with E-state index >= 15 is 0 Å². The summed E-state index contributed by atoms with van der Waals surface area (Å²) in [6.07, 6.45) is 4.15. The van der Waals surface area contributed by atoms with Gasteiger partial charge in [-0.3, -0.25) is 10.1 Å². The number of nitrogens with zero attached hydrogens (tertiary/aromatic N) is 1. The van der Waals surface area contributed by atoms with Crippen molar-refractivity contribution in [3.05, 3.63) is 0 Å². The lowest BCUT2D eigenvalue weighted by atomic mass is 10.0. The van der Waals surface area contributed by atoms with E-state index in [1.54, 1.807) is 7.11 Å². The fraction of sp³-hybridized carbons (Fsp3) is 0.941. The summed E-state index contributed by atoms with van der Waals surface area (Å²) in [5.74, 6) is 1.36. The van der Waals surface area contributed by atoms with Gasteiger partial charge in [0.1, 0.15) is 0 Å². The Morgan fingerprint density at radius 2 is 1.81 bits per heavy atom. The van der Waals surface area contributed by atoms with Gasteiger partial charge < -0.3 is 9.64 Å². The third kappa shape index (κ3) is 5.26. The molecular weight excluding hydrogens is 264 g/mol. The second-order valence-electron chi connectivity index (χ2n) is 7.14. The molecule has 3 atom stereocenters. The van der Waals surface area contributed by atoms with E-state index in [4.69, 9.17) is 4.74 Å². The van der Waals surface area contributed by atoms with Gasteiger partial charge in [0.15, 0.2) is 0 Å². The summed E-state index contributed by atoms with van der Waals surface area (Å²) >= 11 is 0. The number of methoxy groups -OCH3 is 1. The Morgan fingerprint density at radius 3 is 2.29 bits per heavy atom. The smallest absolute Gasteiger partial charge is 0.241 e. The van der Waals surface area contributed by atoms with Crippen LogP contribution in [-0.4, -0.2) is 42.8 Å². The lowest BCUT2D eigenvalue weighted by Gasteiger charge is -2.33. The molecule has 0 spiro atoms. The van der Waals surface area contributed by atoms with Gasteiger partial charge in [0.05, 0.1) is 24.9 Å². The fourth-order valence-corrected chi connectivity index (χ4v) is 3.25. The molecule has 124 valence electrons. The van der Waals surface area contributed by atoms with Crippen molar-refractivity contribution in [2.24, 2.45) is 11.8 Å². The molecule has 0 aromatic heterocycles. The molecule has 0 saturated carbocycles. The zero-order valence-corrected chi connectivity index (χ0v) is 14.7. The molecule has 0 radical (unpaired) electrons. The predicted octanol–water partition coefficient (Wildman–Crippen LogP) is 3.02. The zero-order valence-electron chi connectivity index (χ0n) is 14.7. The first kappa shape index (κ1) is 18.4. The first-order valence-corrected chi connectivity index (χ1v) is 8.47. The number of ether oxygens (including phenoxy) is 1. The summed E-state index contributed by atoms with van der Waals surface area (Å²) in [5, 5.41) is 3.57. The van der Waals surface area contributed by atoms with Gasteiger partial charge in [-0.15, -0.1) is 0 Å². The summed E-state index contributed by atoms with van der Waals surface area (Å²) in [7, 11) is 1.72. The van der Waals surface area contributed by atoms with E-state index in [0.717, 1.165) is 25.7 Å². The highest BCUT2D eigenvalue weighted by Gasteiger charge is 2.42. The maximum Gasteiger partial charge on any atom is 0.241 e. The van der Waals surface area contributed by atoms with E-state index in [9.17, 15) is 4.79 Å². The Labute approximate surface area is 130 Å². The van der Waals surface area contributed by atoms with Gasteiger partial charge in [0.2, 0.25) is 5.91 Å². The highest BCUT2D eigenvalue weighted by molar-refractivity contribution is 5.84. The molecule has 4 nitrogen and oxygen atoms in total. The van der Waals surface area contributed by atoms with E-state index in [0.29, 0.717) is 18.4 Å². The lowest BCUT2D eigenvalue weighted by Crippen LogP contribution is -2.47. The van der Waals surface area contributed by atoms with Gasteiger partial charge in [0, 0.05) is 7.11 Å². The van der Waals surface area contributed by atoms with Gasteiger partial charge in [-0.25, -0.2) is 0 Å². The molecular formula is C17H34N2O2. The monoisotopic (exact) mass is 298 g/mol. The van der Waals surface area contributed by atoms with Crippen LogP contribution in [0.5, 0.6) is 0 Å². The minimum absolute atomic E-state index is 0.0232. The van der Waals surface area contributed by atoms with Crippen LogP contribution in [0.15, 0.2) is 0 Å². The van der Waals surface area contributed by atoms with E-state index in [2.05, 4.69) is 44.8 Å². The second kappa shape index (κ2) is 8.74. The molecule has 21 heavy (non-hydrogen) atoms. The van der Waals surface area contributed by atoms with Crippen LogP contribution in [0.2, 0.25) is 0 Å². The van der Waals surface area contributed by atoms with Crippen LogP contribution in [0.25, 0.3) is 0 Å². The molecule has 0 bridgehead atoms. The average Bonchev–Trinajstić information content (AvgIpc) is 2.64. The number of amides is 1. The molecule has 0 aromatic rings.